The average Bonchev–Trinajstić information content (AvgIpc) is 3.16. The Balaban J connectivity index is 1.99. The van der Waals surface area contributed by atoms with Gasteiger partial charge in [0, 0.05) is 31.9 Å². The van der Waals surface area contributed by atoms with Crippen molar-refractivity contribution in [2.75, 3.05) is 0 Å². The van der Waals surface area contributed by atoms with Crippen molar-refractivity contribution in [2.24, 2.45) is 0 Å². The Morgan fingerprint density at radius 3 is 3.00 bits per heavy atom. The number of nitrogens with zero attached hydrogens (tertiary/aromatic N) is 6. The summed E-state index contributed by atoms with van der Waals surface area (Å²) in [6.07, 6.45) is 10.9. The van der Waals surface area contributed by atoms with Crippen LogP contribution in [-0.4, -0.2) is 24.3 Å². The van der Waals surface area contributed by atoms with Gasteiger partial charge in [-0.3, -0.25) is 14.3 Å². The normalized spacial score (nSPS) is 15.3. The van der Waals surface area contributed by atoms with Gasteiger partial charge in [0.1, 0.15) is 22.1 Å². The molecule has 0 atom stereocenters. The van der Waals surface area contributed by atoms with Crippen LogP contribution in [0.1, 0.15) is 36.5 Å². The van der Waals surface area contributed by atoms with Crippen LogP contribution in [0.15, 0.2) is 42.0 Å². The van der Waals surface area contributed by atoms with Crippen LogP contribution < -0.4 is 14.8 Å². The standard InChI is InChI=1S/C21H20N6OS/c1-2-10-27-20(28)17(12-15-7-6-9-23-14-15)29-21(27)16(13-22)19-25-24-18-8-4-3-5-11-26(18)19/h2,6-7,9,12,14H,1,3-5,8,10-11H2/b17-12-,21-16-. The van der Waals surface area contributed by atoms with Crippen molar-refractivity contribution >= 4 is 23.0 Å². The Hall–Kier alpha value is -3.31. The molecule has 0 spiro atoms. The third-order valence-corrected chi connectivity index (χ3v) is 5.99. The molecule has 8 heteroatoms. The lowest BCUT2D eigenvalue weighted by molar-refractivity contribution is 0.626. The molecule has 4 heterocycles. The van der Waals surface area contributed by atoms with Crippen LogP contribution in [0, 0.1) is 11.3 Å². The van der Waals surface area contributed by atoms with Gasteiger partial charge in [0.25, 0.3) is 5.56 Å². The fourth-order valence-electron chi connectivity index (χ4n) is 3.48. The van der Waals surface area contributed by atoms with E-state index < -0.39 is 0 Å². The van der Waals surface area contributed by atoms with Gasteiger partial charge >= 0.3 is 0 Å². The summed E-state index contributed by atoms with van der Waals surface area (Å²) in [5.41, 5.74) is 1.05. The van der Waals surface area contributed by atoms with Crippen LogP contribution in [0.5, 0.6) is 0 Å². The second kappa shape index (κ2) is 8.37. The maximum atomic E-state index is 13.0. The first-order chi connectivity index (χ1) is 14.2. The highest BCUT2D eigenvalue weighted by atomic mass is 32.1. The van der Waals surface area contributed by atoms with E-state index in [1.165, 1.54) is 11.3 Å². The van der Waals surface area contributed by atoms with E-state index in [1.807, 2.05) is 16.7 Å². The molecule has 0 aromatic carbocycles. The van der Waals surface area contributed by atoms with Gasteiger partial charge in [-0.2, -0.15) is 5.26 Å². The van der Waals surface area contributed by atoms with Crippen LogP contribution in [0.4, 0.5) is 0 Å². The first kappa shape index (κ1) is 19.0. The molecule has 0 amide bonds. The molecule has 3 aromatic heterocycles. The van der Waals surface area contributed by atoms with E-state index >= 15 is 0 Å². The number of aromatic nitrogens is 5. The van der Waals surface area contributed by atoms with Crippen LogP contribution in [0.25, 0.3) is 11.6 Å². The van der Waals surface area contributed by atoms with Gasteiger partial charge in [0.2, 0.25) is 0 Å². The smallest absolute Gasteiger partial charge is 0.269 e. The molecule has 0 saturated heterocycles. The number of thiazole rings is 1. The topological polar surface area (TPSA) is 89.4 Å². The number of hydrogen-bond donors (Lipinski definition) is 0. The van der Waals surface area contributed by atoms with E-state index in [0.29, 0.717) is 27.1 Å². The molecular formula is C21H20N6OS. The van der Waals surface area contributed by atoms with Crippen molar-refractivity contribution in [3.05, 3.63) is 73.9 Å². The van der Waals surface area contributed by atoms with Gasteiger partial charge in [-0.05, 0) is 30.5 Å². The molecule has 0 bridgehead atoms. The number of nitriles is 1. The molecule has 0 N–H and O–H groups in total. The second-order valence-electron chi connectivity index (χ2n) is 6.80. The highest BCUT2D eigenvalue weighted by Crippen LogP contribution is 2.18. The van der Waals surface area contributed by atoms with Crippen LogP contribution in [0.3, 0.4) is 0 Å². The molecule has 3 aromatic rings. The summed E-state index contributed by atoms with van der Waals surface area (Å²) in [5, 5.41) is 18.6. The third-order valence-electron chi connectivity index (χ3n) is 4.86. The Bertz CT molecular complexity index is 1260. The van der Waals surface area contributed by atoms with Gasteiger partial charge < -0.3 is 4.57 Å². The summed E-state index contributed by atoms with van der Waals surface area (Å²) in [6.45, 7) is 4.86. The minimum atomic E-state index is -0.155. The molecule has 146 valence electrons. The summed E-state index contributed by atoms with van der Waals surface area (Å²) in [7, 11) is 0. The van der Waals surface area contributed by atoms with E-state index in [0.717, 1.165) is 43.6 Å². The molecule has 7 nitrogen and oxygen atoms in total. The Kier molecular flexibility index (Phi) is 5.49. The monoisotopic (exact) mass is 404 g/mol. The summed E-state index contributed by atoms with van der Waals surface area (Å²) < 4.78 is 4.72. The predicted octanol–water partition coefficient (Wildman–Crippen LogP) is 1.36. The molecule has 4 rings (SSSR count). The lowest BCUT2D eigenvalue weighted by Gasteiger charge is -2.06. The quantitative estimate of drug-likeness (QED) is 0.613. The minimum Gasteiger partial charge on any atom is -0.310 e. The lowest BCUT2D eigenvalue weighted by Crippen LogP contribution is -2.32. The molecule has 29 heavy (non-hydrogen) atoms. The first-order valence-corrected chi connectivity index (χ1v) is 10.3. The molecule has 1 aliphatic heterocycles. The first-order valence-electron chi connectivity index (χ1n) is 9.52. The van der Waals surface area contributed by atoms with Crippen LogP contribution in [-0.2, 0) is 19.5 Å². The van der Waals surface area contributed by atoms with E-state index in [1.54, 1.807) is 29.1 Å². The summed E-state index contributed by atoms with van der Waals surface area (Å²) in [4.78, 5) is 17.1. The predicted molar refractivity (Wildman–Crippen MR) is 112 cm³/mol. The number of aryl methyl sites for hydroxylation is 1. The Labute approximate surface area is 171 Å². The molecule has 0 aliphatic carbocycles. The fourth-order valence-corrected chi connectivity index (χ4v) is 4.58. The van der Waals surface area contributed by atoms with Crippen molar-refractivity contribution in [1.82, 2.24) is 24.3 Å². The van der Waals surface area contributed by atoms with Crippen LogP contribution in [0.2, 0.25) is 0 Å². The number of fused-ring (bicyclic) bond motifs is 1. The van der Waals surface area contributed by atoms with E-state index in [-0.39, 0.29) is 5.56 Å². The van der Waals surface area contributed by atoms with Gasteiger partial charge in [-0.1, -0.05) is 18.6 Å². The Morgan fingerprint density at radius 2 is 2.24 bits per heavy atom. The molecular weight excluding hydrogens is 384 g/mol. The third kappa shape index (κ3) is 3.69. The maximum absolute atomic E-state index is 13.0. The van der Waals surface area contributed by atoms with E-state index in [9.17, 15) is 10.1 Å². The molecule has 1 aliphatic rings. The van der Waals surface area contributed by atoms with Crippen molar-refractivity contribution < 1.29 is 0 Å². The molecule has 0 saturated carbocycles. The zero-order valence-electron chi connectivity index (χ0n) is 15.9. The van der Waals surface area contributed by atoms with Crippen LogP contribution >= 0.6 is 11.3 Å². The average molecular weight is 404 g/mol. The molecule has 0 fully saturated rings. The van der Waals surface area contributed by atoms with Gasteiger partial charge in [0.05, 0.1) is 4.53 Å². The van der Waals surface area contributed by atoms with Gasteiger partial charge in [0.15, 0.2) is 5.82 Å². The number of hydrogen-bond acceptors (Lipinski definition) is 6. The SMILES string of the molecule is C=CCn1c(=O)/c(=C/c2cccnc2)s/c1=C(/C#N)c1nnc2n1CCCCC2. The fraction of sp³-hybridized carbons (Fsp3) is 0.286. The largest absolute Gasteiger partial charge is 0.310 e. The van der Waals surface area contributed by atoms with Gasteiger partial charge in [-0.25, -0.2) is 0 Å². The van der Waals surface area contributed by atoms with Crippen molar-refractivity contribution in [3.63, 3.8) is 0 Å². The van der Waals surface area contributed by atoms with E-state index in [4.69, 9.17) is 0 Å². The lowest BCUT2D eigenvalue weighted by atomic mass is 10.2. The Morgan fingerprint density at radius 1 is 1.34 bits per heavy atom. The highest BCUT2D eigenvalue weighted by Gasteiger charge is 2.20. The van der Waals surface area contributed by atoms with Crippen molar-refractivity contribution in [3.8, 4) is 6.07 Å². The molecule has 0 unspecified atom stereocenters. The maximum Gasteiger partial charge on any atom is 0.269 e. The summed E-state index contributed by atoms with van der Waals surface area (Å²) in [5.74, 6) is 1.44. The zero-order valence-corrected chi connectivity index (χ0v) is 16.7. The highest BCUT2D eigenvalue weighted by molar-refractivity contribution is 7.07. The van der Waals surface area contributed by atoms with E-state index in [2.05, 4.69) is 27.8 Å². The number of rotatable bonds is 4. The van der Waals surface area contributed by atoms with Crippen molar-refractivity contribution in [1.29, 1.82) is 5.26 Å². The summed E-state index contributed by atoms with van der Waals surface area (Å²) in [6, 6.07) is 5.98. The molecule has 0 radical (unpaired) electrons. The number of pyridine rings is 1. The minimum absolute atomic E-state index is 0.155. The zero-order chi connectivity index (χ0) is 20.2. The second-order valence-corrected chi connectivity index (χ2v) is 7.83. The van der Waals surface area contributed by atoms with Crippen molar-refractivity contribution in [2.45, 2.75) is 38.8 Å². The number of allylic oxidation sites excluding steroid dienone is 1. The van der Waals surface area contributed by atoms with Gasteiger partial charge in [-0.15, -0.1) is 28.1 Å². The summed E-state index contributed by atoms with van der Waals surface area (Å²) >= 11 is 1.29.